The molecule has 0 rings (SSSR count). The second-order valence-corrected chi connectivity index (χ2v) is 8.64. The molecule has 0 N–H and O–H groups in total. The third-order valence-electron chi connectivity index (χ3n) is 1.28. The third-order valence-corrected chi connectivity index (χ3v) is 2.18. The molecule has 12 heavy (non-hydrogen) atoms. The molecule has 0 atom stereocenters. The van der Waals surface area contributed by atoms with Crippen molar-refractivity contribution >= 4 is 8.32 Å². The molecule has 0 radical (unpaired) electrons. The molecule has 0 aliphatic rings. The zero-order valence-corrected chi connectivity index (χ0v) is 9.74. The Bertz CT molecular complexity index is 177. The summed E-state index contributed by atoms with van der Waals surface area (Å²) in [7, 11) is -1.42. The summed E-state index contributed by atoms with van der Waals surface area (Å²) in [6.45, 7) is 16.2. The fourth-order valence-corrected chi connectivity index (χ4v) is 1.80. The van der Waals surface area contributed by atoms with Gasteiger partial charge in [-0.15, -0.1) is 6.58 Å². The Morgan fingerprint density at radius 3 is 2.00 bits per heavy atom. The van der Waals surface area contributed by atoms with E-state index in [2.05, 4.69) is 32.8 Å². The summed E-state index contributed by atoms with van der Waals surface area (Å²) >= 11 is 0. The first-order chi connectivity index (χ1) is 5.31. The minimum absolute atomic E-state index is 0.914. The molecular weight excluding hydrogens is 164 g/mol. The van der Waals surface area contributed by atoms with Gasteiger partial charge in [0.25, 0.3) is 0 Å². The van der Waals surface area contributed by atoms with E-state index in [1.807, 2.05) is 6.92 Å². The highest BCUT2D eigenvalue weighted by Gasteiger charge is 2.16. The Morgan fingerprint density at radius 1 is 1.17 bits per heavy atom. The summed E-state index contributed by atoms with van der Waals surface area (Å²) in [4.78, 5) is 0. The largest absolute Gasteiger partial charge is 0.548 e. The van der Waals surface area contributed by atoms with Crippen molar-refractivity contribution in [3.05, 3.63) is 24.5 Å². The Morgan fingerprint density at radius 2 is 1.67 bits per heavy atom. The fraction of sp³-hybridized carbons (Fsp3) is 0.600. The Hall–Kier alpha value is -0.503. The maximum absolute atomic E-state index is 5.69. The zero-order chi connectivity index (χ0) is 9.78. The van der Waals surface area contributed by atoms with Crippen LogP contribution in [0, 0.1) is 0 Å². The van der Waals surface area contributed by atoms with Crippen molar-refractivity contribution in [1.82, 2.24) is 0 Å². The topological polar surface area (TPSA) is 9.23 Å². The van der Waals surface area contributed by atoms with Crippen molar-refractivity contribution in [2.24, 2.45) is 0 Å². The molecule has 0 heterocycles. The van der Waals surface area contributed by atoms with Crippen LogP contribution < -0.4 is 0 Å². The standard InChI is InChI=1S/C10H20OSi/c1-9(2)7-8-10(3)11-12(4,5)6/h1,3,7-8H2,2,4-6H3. The van der Waals surface area contributed by atoms with Crippen LogP contribution in [0.25, 0.3) is 0 Å². The molecule has 2 heteroatoms. The molecule has 0 unspecified atom stereocenters. The SMILES string of the molecule is C=C(C)CCC(=C)O[Si](C)(C)C. The quantitative estimate of drug-likeness (QED) is 0.359. The van der Waals surface area contributed by atoms with E-state index in [4.69, 9.17) is 4.43 Å². The van der Waals surface area contributed by atoms with E-state index >= 15 is 0 Å². The van der Waals surface area contributed by atoms with Crippen LogP contribution in [0.4, 0.5) is 0 Å². The van der Waals surface area contributed by atoms with Crippen molar-refractivity contribution in [2.75, 3.05) is 0 Å². The van der Waals surface area contributed by atoms with Crippen LogP contribution in [-0.2, 0) is 4.43 Å². The monoisotopic (exact) mass is 184 g/mol. The molecule has 0 saturated heterocycles. The van der Waals surface area contributed by atoms with Gasteiger partial charge in [0.1, 0.15) is 0 Å². The summed E-state index contributed by atoms with van der Waals surface area (Å²) in [6.07, 6.45) is 1.91. The lowest BCUT2D eigenvalue weighted by molar-refractivity contribution is 0.402. The Labute approximate surface area is 77.3 Å². The van der Waals surface area contributed by atoms with Crippen molar-refractivity contribution in [3.63, 3.8) is 0 Å². The van der Waals surface area contributed by atoms with E-state index in [1.165, 1.54) is 5.57 Å². The molecule has 1 nitrogen and oxygen atoms in total. The molecule has 0 bridgehead atoms. The molecule has 0 aromatic rings. The lowest BCUT2D eigenvalue weighted by Gasteiger charge is -2.20. The molecule has 0 amide bonds. The number of rotatable bonds is 5. The van der Waals surface area contributed by atoms with Crippen LogP contribution in [0.2, 0.25) is 19.6 Å². The van der Waals surface area contributed by atoms with E-state index in [0.29, 0.717) is 0 Å². The summed E-state index contributed by atoms with van der Waals surface area (Å²) < 4.78 is 5.69. The van der Waals surface area contributed by atoms with Crippen LogP contribution in [0.15, 0.2) is 24.5 Å². The Balaban J connectivity index is 3.68. The van der Waals surface area contributed by atoms with Crippen molar-refractivity contribution in [3.8, 4) is 0 Å². The molecule has 0 aromatic heterocycles. The molecular formula is C10H20OSi. The molecule has 0 saturated carbocycles. The van der Waals surface area contributed by atoms with Crippen LogP contribution >= 0.6 is 0 Å². The summed E-state index contributed by atoms with van der Waals surface area (Å²) in [5.41, 5.74) is 1.19. The molecule has 0 fully saturated rings. The first-order valence-corrected chi connectivity index (χ1v) is 7.73. The van der Waals surface area contributed by atoms with Crippen LogP contribution in [0.5, 0.6) is 0 Å². The van der Waals surface area contributed by atoms with Gasteiger partial charge in [-0.05, 0) is 33.0 Å². The lowest BCUT2D eigenvalue weighted by Crippen LogP contribution is -2.24. The molecule has 0 spiro atoms. The van der Waals surface area contributed by atoms with Gasteiger partial charge in [0.2, 0.25) is 8.32 Å². The average molecular weight is 184 g/mol. The summed E-state index contributed by atoms with van der Waals surface area (Å²) in [5.74, 6) is 0.914. The molecule has 70 valence electrons. The van der Waals surface area contributed by atoms with Crippen molar-refractivity contribution < 1.29 is 4.43 Å². The second-order valence-electron chi connectivity index (χ2n) is 4.21. The van der Waals surface area contributed by atoms with Gasteiger partial charge in [-0.25, -0.2) is 0 Å². The molecule has 0 aliphatic heterocycles. The highest BCUT2D eigenvalue weighted by Crippen LogP contribution is 2.15. The zero-order valence-electron chi connectivity index (χ0n) is 8.74. The maximum atomic E-state index is 5.69. The lowest BCUT2D eigenvalue weighted by atomic mass is 10.2. The summed E-state index contributed by atoms with van der Waals surface area (Å²) in [5, 5.41) is 0. The van der Waals surface area contributed by atoms with Crippen molar-refractivity contribution in [2.45, 2.75) is 39.4 Å². The van der Waals surface area contributed by atoms with Crippen molar-refractivity contribution in [1.29, 1.82) is 0 Å². The van der Waals surface area contributed by atoms with Crippen LogP contribution in [0.1, 0.15) is 19.8 Å². The van der Waals surface area contributed by atoms with Gasteiger partial charge in [0.05, 0.1) is 5.76 Å². The average Bonchev–Trinajstić information content (AvgIpc) is 1.79. The van der Waals surface area contributed by atoms with E-state index in [9.17, 15) is 0 Å². The van der Waals surface area contributed by atoms with Gasteiger partial charge < -0.3 is 4.43 Å². The fourth-order valence-electron chi connectivity index (χ4n) is 0.837. The smallest absolute Gasteiger partial charge is 0.241 e. The van der Waals surface area contributed by atoms with Crippen LogP contribution in [0.3, 0.4) is 0 Å². The normalized spacial score (nSPS) is 11.0. The van der Waals surface area contributed by atoms with E-state index < -0.39 is 8.32 Å². The van der Waals surface area contributed by atoms with Gasteiger partial charge in [-0.2, -0.15) is 0 Å². The summed E-state index contributed by atoms with van der Waals surface area (Å²) in [6, 6.07) is 0. The van der Waals surface area contributed by atoms with E-state index in [-0.39, 0.29) is 0 Å². The minimum atomic E-state index is -1.42. The molecule has 0 aliphatic carbocycles. The predicted molar refractivity (Wildman–Crippen MR) is 57.6 cm³/mol. The molecule has 0 aromatic carbocycles. The van der Waals surface area contributed by atoms with E-state index in [1.54, 1.807) is 0 Å². The van der Waals surface area contributed by atoms with Gasteiger partial charge in [-0.3, -0.25) is 0 Å². The highest BCUT2D eigenvalue weighted by molar-refractivity contribution is 6.70. The first-order valence-electron chi connectivity index (χ1n) is 4.32. The second kappa shape index (κ2) is 4.50. The number of hydrogen-bond donors (Lipinski definition) is 0. The van der Waals surface area contributed by atoms with Gasteiger partial charge >= 0.3 is 0 Å². The minimum Gasteiger partial charge on any atom is -0.548 e. The van der Waals surface area contributed by atoms with E-state index in [0.717, 1.165) is 18.6 Å². The first kappa shape index (κ1) is 11.5. The highest BCUT2D eigenvalue weighted by atomic mass is 28.4. The maximum Gasteiger partial charge on any atom is 0.241 e. The van der Waals surface area contributed by atoms with Gasteiger partial charge in [-0.1, -0.05) is 12.2 Å². The number of hydrogen-bond acceptors (Lipinski definition) is 1. The van der Waals surface area contributed by atoms with Gasteiger partial charge in [0, 0.05) is 6.42 Å². The van der Waals surface area contributed by atoms with Crippen LogP contribution in [-0.4, -0.2) is 8.32 Å². The third kappa shape index (κ3) is 7.60. The van der Waals surface area contributed by atoms with Gasteiger partial charge in [0.15, 0.2) is 0 Å². The number of allylic oxidation sites excluding steroid dienone is 2. The Kier molecular flexibility index (Phi) is 4.32. The predicted octanol–water partition coefficient (Wildman–Crippen LogP) is 3.71.